The number of fused-ring (bicyclic) bond motifs is 3. The molecule has 588 valence electrons. The zero-order valence-electron chi connectivity index (χ0n) is 63.7. The molecule has 1 aliphatic carbocycles. The van der Waals surface area contributed by atoms with Gasteiger partial charge in [0.25, 0.3) is 0 Å². The minimum atomic E-state index is -4.75. The molecule has 13 atom stereocenters. The van der Waals surface area contributed by atoms with Crippen LogP contribution in [0.1, 0.15) is 171 Å². The lowest BCUT2D eigenvalue weighted by atomic mass is 9.87. The van der Waals surface area contributed by atoms with E-state index in [1.165, 1.54) is 48.3 Å². The van der Waals surface area contributed by atoms with Gasteiger partial charge >= 0.3 is 51.3 Å². The van der Waals surface area contributed by atoms with Crippen molar-refractivity contribution < 1.29 is 93.9 Å². The van der Waals surface area contributed by atoms with Crippen LogP contribution in [0.15, 0.2) is 97.3 Å². The number of nitrogens with two attached hydrogens (primary N) is 2. The Morgan fingerprint density at radius 2 is 1.26 bits per heavy atom. The van der Waals surface area contributed by atoms with E-state index >= 15 is 9.13 Å². The standard InChI is InChI=1S/C76H99N11O20P2/c1-14-50(39-96-72(92)46(6)84-109(95,107-58-28-22-24-51-23-20-21-27-55(51)58)98-40-59-64(99-48(8)88)66(100-49(9)89)75(13,104-59)61-36-34-56-68(78)80-43-81-86(56)61)29-38-63-82-69(79)57-35-37-62(87(57)83-63)76(42-77)67(103-71(91)45(4)5)65(102-70(90)44(2)3)60(105-76)41-97-108(94,106-54-32-30-52(31-33-54)74(10,11)12)85-47(7)73(93)101-53-25-18-16-15-17-19-26-53/h20-24,27-28,30-37,43-47,50,53,59-60,64-67H,14-19,25-26,29,38-41H2,1-13H3,(H,84,95)(H,85,94)(H2,78,80,81)(H2,79,82,83)/t46-,47-,50?,59+,60+,64+,65+,66+,67+,75-,76-,108?,109?/m0/s1. The number of aromatic nitrogens is 6. The van der Waals surface area contributed by atoms with E-state index in [1.54, 1.807) is 95.3 Å². The Balaban J connectivity index is 0.887. The minimum absolute atomic E-state index is 0.0331. The third kappa shape index (κ3) is 19.4. The number of benzene rings is 3. The first-order chi connectivity index (χ1) is 51.7. The normalized spacial score (nSPS) is 23.2. The van der Waals surface area contributed by atoms with Gasteiger partial charge in [-0.1, -0.05) is 130 Å². The van der Waals surface area contributed by atoms with Crippen molar-refractivity contribution in [2.75, 3.05) is 31.3 Å². The Labute approximate surface area is 632 Å². The lowest BCUT2D eigenvalue weighted by molar-refractivity contribution is -0.173. The van der Waals surface area contributed by atoms with Crippen molar-refractivity contribution in [3.8, 4) is 17.6 Å². The third-order valence-electron chi connectivity index (χ3n) is 19.5. The monoisotopic (exact) mass is 1550 g/mol. The van der Waals surface area contributed by atoms with Gasteiger partial charge in [0.2, 0.25) is 5.60 Å². The molecule has 33 heteroatoms. The van der Waals surface area contributed by atoms with Crippen LogP contribution in [0.25, 0.3) is 21.8 Å². The average Bonchev–Trinajstić information content (AvgIpc) is 1.58. The molecule has 0 radical (unpaired) electrons. The molecule has 0 bridgehead atoms. The highest BCUT2D eigenvalue weighted by atomic mass is 31.2. The Morgan fingerprint density at radius 1 is 0.670 bits per heavy atom. The van der Waals surface area contributed by atoms with Gasteiger partial charge < -0.3 is 58.4 Å². The predicted octanol–water partition coefficient (Wildman–Crippen LogP) is 11.3. The lowest BCUT2D eigenvalue weighted by Crippen LogP contribution is -2.47. The van der Waals surface area contributed by atoms with Crippen molar-refractivity contribution in [3.05, 3.63) is 120 Å². The van der Waals surface area contributed by atoms with E-state index in [0.29, 0.717) is 35.9 Å². The molecule has 0 spiro atoms. The number of esters is 6. The van der Waals surface area contributed by atoms with Crippen LogP contribution in [0.2, 0.25) is 0 Å². The number of rotatable bonds is 31. The van der Waals surface area contributed by atoms with E-state index < -0.39 is 136 Å². The predicted molar refractivity (Wildman–Crippen MR) is 398 cm³/mol. The summed E-state index contributed by atoms with van der Waals surface area (Å²) in [7, 11) is -9.47. The summed E-state index contributed by atoms with van der Waals surface area (Å²) < 4.78 is 108. The quantitative estimate of drug-likeness (QED) is 0.0178. The zero-order valence-corrected chi connectivity index (χ0v) is 65.5. The van der Waals surface area contributed by atoms with Gasteiger partial charge in [-0.05, 0) is 118 Å². The fourth-order valence-corrected chi connectivity index (χ4v) is 16.4. The molecule has 1 saturated carbocycles. The second-order valence-electron chi connectivity index (χ2n) is 29.6. The summed E-state index contributed by atoms with van der Waals surface area (Å²) in [5.41, 5.74) is 10.5. The fourth-order valence-electron chi connectivity index (χ4n) is 13.4. The van der Waals surface area contributed by atoms with Crippen molar-refractivity contribution in [3.63, 3.8) is 0 Å². The molecule has 3 aliphatic rings. The number of nitrogens with zero attached hydrogens (tertiary/aromatic N) is 7. The molecule has 6 N–H and O–H groups in total. The Morgan fingerprint density at radius 3 is 1.89 bits per heavy atom. The molecule has 2 saturated heterocycles. The third-order valence-corrected chi connectivity index (χ3v) is 22.7. The summed E-state index contributed by atoms with van der Waals surface area (Å²) in [6.07, 6.45) is -1.00. The number of nitrogens with one attached hydrogen (secondary N) is 2. The first-order valence-electron chi connectivity index (χ1n) is 36.8. The number of carbonyl (C=O) groups excluding carboxylic acids is 6. The Hall–Kier alpha value is -9.11. The molecule has 31 nitrogen and oxygen atoms in total. The van der Waals surface area contributed by atoms with Gasteiger partial charge in [-0.25, -0.2) is 28.1 Å². The second-order valence-corrected chi connectivity index (χ2v) is 33.0. The molecule has 3 unspecified atom stereocenters. The SMILES string of the molecule is CCC(CCc1nc(N)c2ccc([C@]3(C#N)O[C@H](COP(=O)(N[C@@H](C)C(=O)OC4CCCCCCC4)Oc4ccc(C(C)(C)C)cc4)[C@@H](OC(=O)C(C)C)[C@H]3OC(=O)C(C)C)n2n1)COC(=O)[C@H](C)NP(=O)(OC[C@H]1O[C@@](C)(c2ccc3c(N)ncnn23)[C@H](OC(C)=O)[C@@H]1OC(C)=O)Oc1cccc2ccccc12. The van der Waals surface area contributed by atoms with E-state index in [0.717, 1.165) is 50.0 Å². The summed E-state index contributed by atoms with van der Waals surface area (Å²) in [5.74, 6) is -6.06. The molecule has 7 aromatic rings. The van der Waals surface area contributed by atoms with Crippen LogP contribution in [0.3, 0.4) is 0 Å². The summed E-state index contributed by atoms with van der Waals surface area (Å²) in [6.45, 7) is 19.5. The van der Waals surface area contributed by atoms with Gasteiger partial charge in [0.05, 0.1) is 43.0 Å². The van der Waals surface area contributed by atoms with Gasteiger partial charge in [0.15, 0.2) is 41.9 Å². The van der Waals surface area contributed by atoms with Gasteiger partial charge in [0, 0.05) is 25.7 Å². The number of ether oxygens (including phenoxy) is 8. The fraction of sp³-hybridized carbons (Fsp3) is 0.539. The number of carbonyl (C=O) groups is 6. The van der Waals surface area contributed by atoms with E-state index in [2.05, 4.69) is 31.3 Å². The number of hydrogen-bond acceptors (Lipinski definition) is 27. The summed E-state index contributed by atoms with van der Waals surface area (Å²) >= 11 is 0. The molecular weight excluding hydrogens is 1450 g/mol. The van der Waals surface area contributed by atoms with Gasteiger partial charge in [-0.3, -0.25) is 37.8 Å². The molecule has 2 aliphatic heterocycles. The number of aryl methyl sites for hydroxylation is 1. The summed E-state index contributed by atoms with van der Waals surface area (Å²) in [5, 5.41) is 27.7. The summed E-state index contributed by atoms with van der Waals surface area (Å²) in [4.78, 5) is 90.3. The molecule has 0 amide bonds. The van der Waals surface area contributed by atoms with Gasteiger partial charge in [0.1, 0.15) is 70.9 Å². The van der Waals surface area contributed by atoms with Gasteiger partial charge in [-0.2, -0.15) is 25.6 Å². The van der Waals surface area contributed by atoms with Crippen LogP contribution >= 0.6 is 15.5 Å². The highest BCUT2D eigenvalue weighted by molar-refractivity contribution is 7.52. The van der Waals surface area contributed by atoms with Crippen molar-refractivity contribution in [1.82, 2.24) is 39.4 Å². The maximum absolute atomic E-state index is 15.5. The van der Waals surface area contributed by atoms with Gasteiger partial charge in [-0.15, -0.1) is 0 Å². The van der Waals surface area contributed by atoms with E-state index in [1.807, 2.05) is 45.9 Å². The first kappa shape index (κ1) is 82.4. The van der Waals surface area contributed by atoms with Crippen LogP contribution in [-0.2, 0) is 108 Å². The molecule has 6 heterocycles. The molecule has 109 heavy (non-hydrogen) atoms. The summed E-state index contributed by atoms with van der Waals surface area (Å²) in [6, 6.07) is 24.9. The lowest BCUT2D eigenvalue weighted by Gasteiger charge is -2.30. The topological polar surface area (TPSA) is 408 Å². The number of nitrogen functional groups attached to an aromatic ring is 2. The number of anilines is 2. The van der Waals surface area contributed by atoms with Crippen molar-refractivity contribution in [2.45, 2.75) is 226 Å². The smallest absolute Gasteiger partial charge is 0.459 e. The van der Waals surface area contributed by atoms with E-state index in [-0.39, 0.29) is 77.1 Å². The maximum atomic E-state index is 15.5. The Kier molecular flexibility index (Phi) is 26.3. The van der Waals surface area contributed by atoms with Crippen LogP contribution in [0, 0.1) is 29.1 Å². The van der Waals surface area contributed by atoms with E-state index in [4.69, 9.17) is 72.6 Å². The zero-order chi connectivity index (χ0) is 78.9. The van der Waals surface area contributed by atoms with Crippen molar-refractivity contribution >= 4 is 84.8 Å². The van der Waals surface area contributed by atoms with Crippen LogP contribution < -0.4 is 30.7 Å². The van der Waals surface area contributed by atoms with E-state index in [9.17, 15) is 34.0 Å². The molecule has 10 rings (SSSR count). The van der Waals surface area contributed by atoms with Crippen LogP contribution in [-0.4, -0.2) is 140 Å². The highest BCUT2D eigenvalue weighted by Crippen LogP contribution is 2.52. The second kappa shape index (κ2) is 34.9. The molecule has 3 aromatic carbocycles. The first-order valence-corrected chi connectivity index (χ1v) is 39.9. The molecule has 4 aromatic heterocycles. The van der Waals surface area contributed by atoms with Crippen LogP contribution in [0.5, 0.6) is 11.5 Å². The molecule has 3 fully saturated rings. The highest BCUT2D eigenvalue weighted by Gasteiger charge is 2.64. The van der Waals surface area contributed by atoms with Crippen LogP contribution in [0.4, 0.5) is 11.6 Å². The number of nitriles is 1. The largest absolute Gasteiger partial charge is 0.464 e. The number of hydrogen-bond donors (Lipinski definition) is 4. The Bertz CT molecular complexity index is 4570. The van der Waals surface area contributed by atoms with Crippen molar-refractivity contribution in [2.24, 2.45) is 17.8 Å². The average molecular weight is 1550 g/mol. The van der Waals surface area contributed by atoms with Crippen molar-refractivity contribution in [1.29, 1.82) is 5.26 Å². The minimum Gasteiger partial charge on any atom is -0.464 e. The maximum Gasteiger partial charge on any atom is 0.459 e. The molecular formula is C76H99N11O20P2.